The topological polar surface area (TPSA) is 111 Å². The zero-order chi connectivity index (χ0) is 20.1. The van der Waals surface area contributed by atoms with Crippen molar-refractivity contribution >= 4 is 21.9 Å². The SMILES string of the molecule is CCOC(=O)[C@@H]1CCCN(S(=O)(=O)CCNC(=O)c2ccc3c(c2)OCO3)C1. The van der Waals surface area contributed by atoms with E-state index < -0.39 is 21.8 Å². The van der Waals surface area contributed by atoms with Crippen LogP contribution in [0.25, 0.3) is 0 Å². The molecule has 0 bridgehead atoms. The van der Waals surface area contributed by atoms with Crippen molar-refractivity contribution in [2.75, 3.05) is 38.8 Å². The number of piperidine rings is 1. The quantitative estimate of drug-likeness (QED) is 0.658. The van der Waals surface area contributed by atoms with Crippen LogP contribution in [0.1, 0.15) is 30.1 Å². The summed E-state index contributed by atoms with van der Waals surface area (Å²) < 4.78 is 41.9. The van der Waals surface area contributed by atoms with Gasteiger partial charge in [-0.05, 0) is 38.0 Å². The van der Waals surface area contributed by atoms with Gasteiger partial charge >= 0.3 is 5.97 Å². The minimum absolute atomic E-state index is 0.0316. The minimum Gasteiger partial charge on any atom is -0.466 e. The molecular formula is C18H24N2O7S. The van der Waals surface area contributed by atoms with E-state index in [1.54, 1.807) is 25.1 Å². The molecule has 1 aromatic rings. The molecule has 2 heterocycles. The van der Waals surface area contributed by atoms with Crippen LogP contribution in [0.3, 0.4) is 0 Å². The predicted octanol–water partition coefficient (Wildman–Crippen LogP) is 0.750. The van der Waals surface area contributed by atoms with Crippen LogP contribution in [-0.4, -0.2) is 63.4 Å². The van der Waals surface area contributed by atoms with Gasteiger partial charge in [0.1, 0.15) is 0 Å². The lowest BCUT2D eigenvalue weighted by Gasteiger charge is -2.30. The molecule has 0 saturated carbocycles. The van der Waals surface area contributed by atoms with Crippen LogP contribution in [0.4, 0.5) is 0 Å². The summed E-state index contributed by atoms with van der Waals surface area (Å²) >= 11 is 0. The second-order valence-corrected chi connectivity index (χ2v) is 8.68. The first-order valence-corrected chi connectivity index (χ1v) is 10.8. The maximum absolute atomic E-state index is 12.6. The molecule has 0 radical (unpaired) electrons. The van der Waals surface area contributed by atoms with Gasteiger partial charge in [-0.3, -0.25) is 9.59 Å². The first kappa shape index (κ1) is 20.4. The number of sulfonamides is 1. The van der Waals surface area contributed by atoms with Crippen molar-refractivity contribution < 1.29 is 32.2 Å². The van der Waals surface area contributed by atoms with Crippen molar-refractivity contribution in [1.29, 1.82) is 0 Å². The van der Waals surface area contributed by atoms with Gasteiger partial charge in [0.05, 0.1) is 18.3 Å². The van der Waals surface area contributed by atoms with E-state index in [-0.39, 0.29) is 38.2 Å². The second kappa shape index (κ2) is 8.78. The molecule has 1 fully saturated rings. The van der Waals surface area contributed by atoms with Gasteiger partial charge in [0, 0.05) is 25.2 Å². The second-order valence-electron chi connectivity index (χ2n) is 6.59. The van der Waals surface area contributed by atoms with Gasteiger partial charge in [-0.1, -0.05) is 0 Å². The van der Waals surface area contributed by atoms with Crippen molar-refractivity contribution in [3.63, 3.8) is 0 Å². The maximum Gasteiger partial charge on any atom is 0.310 e. The number of benzene rings is 1. The fourth-order valence-corrected chi connectivity index (χ4v) is 4.64. The molecule has 28 heavy (non-hydrogen) atoms. The molecule has 9 nitrogen and oxygen atoms in total. The Morgan fingerprint density at radius 2 is 2.07 bits per heavy atom. The first-order valence-electron chi connectivity index (χ1n) is 9.23. The number of ether oxygens (including phenoxy) is 3. The lowest BCUT2D eigenvalue weighted by molar-refractivity contribution is -0.149. The minimum atomic E-state index is -3.59. The number of hydrogen-bond donors (Lipinski definition) is 1. The highest BCUT2D eigenvalue weighted by Crippen LogP contribution is 2.32. The van der Waals surface area contributed by atoms with E-state index in [9.17, 15) is 18.0 Å². The van der Waals surface area contributed by atoms with Gasteiger partial charge in [0.15, 0.2) is 11.5 Å². The summed E-state index contributed by atoms with van der Waals surface area (Å²) in [6, 6.07) is 4.78. The Morgan fingerprint density at radius 3 is 2.86 bits per heavy atom. The number of rotatable bonds is 7. The molecule has 2 aliphatic rings. The largest absolute Gasteiger partial charge is 0.466 e. The lowest BCUT2D eigenvalue weighted by atomic mass is 10.0. The Kier molecular flexibility index (Phi) is 6.40. The summed E-state index contributed by atoms with van der Waals surface area (Å²) in [5.74, 6) is -0.375. The molecule has 1 N–H and O–H groups in total. The predicted molar refractivity (Wildman–Crippen MR) is 99.6 cm³/mol. The Morgan fingerprint density at radius 1 is 1.29 bits per heavy atom. The highest BCUT2D eigenvalue weighted by molar-refractivity contribution is 7.89. The fraction of sp³-hybridized carbons (Fsp3) is 0.556. The number of carbonyl (C=O) groups excluding carboxylic acids is 2. The van der Waals surface area contributed by atoms with Gasteiger partial charge in [-0.2, -0.15) is 0 Å². The Hall–Kier alpha value is -2.33. The third-order valence-corrected chi connectivity index (χ3v) is 6.52. The molecule has 1 saturated heterocycles. The summed E-state index contributed by atoms with van der Waals surface area (Å²) in [6.07, 6.45) is 1.22. The Bertz CT molecular complexity index is 840. The summed E-state index contributed by atoms with van der Waals surface area (Å²) in [5, 5.41) is 2.61. The monoisotopic (exact) mass is 412 g/mol. The van der Waals surface area contributed by atoms with Crippen molar-refractivity contribution in [3.8, 4) is 11.5 Å². The first-order chi connectivity index (χ1) is 13.4. The number of hydrogen-bond acceptors (Lipinski definition) is 7. The van der Waals surface area contributed by atoms with Gasteiger partial charge < -0.3 is 19.5 Å². The molecule has 1 atom stereocenters. The zero-order valence-electron chi connectivity index (χ0n) is 15.7. The van der Waals surface area contributed by atoms with Crippen LogP contribution in [-0.2, 0) is 19.6 Å². The van der Waals surface area contributed by atoms with Gasteiger partial charge in [0.2, 0.25) is 16.8 Å². The van der Waals surface area contributed by atoms with Crippen LogP contribution in [0, 0.1) is 5.92 Å². The van der Waals surface area contributed by atoms with E-state index in [1.165, 1.54) is 4.31 Å². The average molecular weight is 412 g/mol. The lowest BCUT2D eigenvalue weighted by Crippen LogP contribution is -2.45. The van der Waals surface area contributed by atoms with Crippen molar-refractivity contribution in [2.45, 2.75) is 19.8 Å². The van der Waals surface area contributed by atoms with Crippen LogP contribution in [0.5, 0.6) is 11.5 Å². The van der Waals surface area contributed by atoms with Crippen LogP contribution >= 0.6 is 0 Å². The molecule has 2 aliphatic heterocycles. The van der Waals surface area contributed by atoms with E-state index in [2.05, 4.69) is 5.32 Å². The zero-order valence-corrected chi connectivity index (χ0v) is 16.5. The van der Waals surface area contributed by atoms with E-state index >= 15 is 0 Å². The van der Waals surface area contributed by atoms with E-state index in [0.29, 0.717) is 36.4 Å². The highest BCUT2D eigenvalue weighted by atomic mass is 32.2. The van der Waals surface area contributed by atoms with Crippen molar-refractivity contribution in [2.24, 2.45) is 5.92 Å². The summed E-state index contributed by atoms with van der Waals surface area (Å²) in [4.78, 5) is 24.1. The van der Waals surface area contributed by atoms with Gasteiger partial charge in [0.25, 0.3) is 5.91 Å². The van der Waals surface area contributed by atoms with Crippen LogP contribution < -0.4 is 14.8 Å². The molecule has 154 valence electrons. The van der Waals surface area contributed by atoms with Crippen LogP contribution in [0.15, 0.2) is 18.2 Å². The van der Waals surface area contributed by atoms with Crippen molar-refractivity contribution in [3.05, 3.63) is 23.8 Å². The molecule has 1 amide bonds. The molecule has 0 aromatic heterocycles. The average Bonchev–Trinajstić information content (AvgIpc) is 3.16. The number of esters is 1. The molecule has 10 heteroatoms. The van der Waals surface area contributed by atoms with Gasteiger partial charge in [-0.25, -0.2) is 12.7 Å². The van der Waals surface area contributed by atoms with E-state index in [0.717, 1.165) is 0 Å². The molecular weight excluding hydrogens is 388 g/mol. The van der Waals surface area contributed by atoms with E-state index in [4.69, 9.17) is 14.2 Å². The molecule has 0 spiro atoms. The van der Waals surface area contributed by atoms with Crippen LogP contribution in [0.2, 0.25) is 0 Å². The molecule has 3 rings (SSSR count). The number of fused-ring (bicyclic) bond motifs is 1. The Labute approximate surface area is 164 Å². The molecule has 0 unspecified atom stereocenters. The molecule has 0 aliphatic carbocycles. The number of amides is 1. The third kappa shape index (κ3) is 4.74. The number of carbonyl (C=O) groups is 2. The fourth-order valence-electron chi connectivity index (χ4n) is 3.21. The third-order valence-electron chi connectivity index (χ3n) is 4.68. The summed E-state index contributed by atoms with van der Waals surface area (Å²) in [5.41, 5.74) is 0.363. The van der Waals surface area contributed by atoms with E-state index in [1.807, 2.05) is 0 Å². The normalized spacial score (nSPS) is 19.2. The van der Waals surface area contributed by atoms with Gasteiger partial charge in [-0.15, -0.1) is 0 Å². The highest BCUT2D eigenvalue weighted by Gasteiger charge is 2.32. The summed E-state index contributed by atoms with van der Waals surface area (Å²) in [6.45, 7) is 2.56. The number of nitrogens with one attached hydrogen (secondary N) is 1. The summed E-state index contributed by atoms with van der Waals surface area (Å²) in [7, 11) is -3.59. The number of nitrogens with zero attached hydrogens (tertiary/aromatic N) is 1. The standard InChI is InChI=1S/C18H24N2O7S/c1-2-25-18(22)14-4-3-8-20(11-14)28(23,24)9-7-19-17(21)13-5-6-15-16(10-13)27-12-26-15/h5-6,10,14H,2-4,7-9,11-12H2,1H3,(H,19,21)/t14-/m1/s1. The smallest absolute Gasteiger partial charge is 0.310 e. The Balaban J connectivity index is 1.52. The van der Waals surface area contributed by atoms with Crippen molar-refractivity contribution in [1.82, 2.24) is 9.62 Å². The maximum atomic E-state index is 12.6. The molecule has 1 aromatic carbocycles.